The maximum absolute atomic E-state index is 5.95. The molecule has 0 bridgehead atoms. The summed E-state index contributed by atoms with van der Waals surface area (Å²) in [5.41, 5.74) is 8.39. The van der Waals surface area contributed by atoms with Crippen LogP contribution < -0.4 is 10.5 Å². The normalized spacial score (nSPS) is 12.1. The molecule has 2 rings (SSSR count). The van der Waals surface area contributed by atoms with Crippen LogP contribution in [0, 0.1) is 0 Å². The molecule has 0 saturated heterocycles. The minimum atomic E-state index is 0.246. The smallest absolute Gasteiger partial charge is 0.119 e. The zero-order valence-corrected chi connectivity index (χ0v) is 11.4. The SMILES string of the molecule is CC[C@H](N)Cc1ccc(OCc2ccccc2)cc1. The largest absolute Gasteiger partial charge is 0.489 e. The highest BCUT2D eigenvalue weighted by Gasteiger charge is 2.02. The third-order valence-electron chi connectivity index (χ3n) is 3.19. The van der Waals surface area contributed by atoms with Crippen molar-refractivity contribution in [3.8, 4) is 5.75 Å². The van der Waals surface area contributed by atoms with Crippen LogP contribution in [0.25, 0.3) is 0 Å². The van der Waals surface area contributed by atoms with E-state index in [0.717, 1.165) is 18.6 Å². The summed E-state index contributed by atoms with van der Waals surface area (Å²) in [6.45, 7) is 2.72. The molecule has 0 radical (unpaired) electrons. The molecule has 2 heteroatoms. The highest BCUT2D eigenvalue weighted by molar-refractivity contribution is 5.28. The van der Waals surface area contributed by atoms with Gasteiger partial charge in [-0.05, 0) is 36.1 Å². The summed E-state index contributed by atoms with van der Waals surface area (Å²) in [5, 5.41) is 0. The molecule has 2 aromatic carbocycles. The number of rotatable bonds is 6. The number of hydrogen-bond donors (Lipinski definition) is 1. The molecule has 0 unspecified atom stereocenters. The summed E-state index contributed by atoms with van der Waals surface area (Å²) in [4.78, 5) is 0. The first-order valence-corrected chi connectivity index (χ1v) is 6.79. The van der Waals surface area contributed by atoms with Gasteiger partial charge in [0.05, 0.1) is 0 Å². The van der Waals surface area contributed by atoms with E-state index in [-0.39, 0.29) is 6.04 Å². The average molecular weight is 255 g/mol. The van der Waals surface area contributed by atoms with E-state index in [2.05, 4.69) is 31.2 Å². The Balaban J connectivity index is 1.88. The fraction of sp³-hybridized carbons (Fsp3) is 0.294. The Morgan fingerprint density at radius 3 is 2.26 bits per heavy atom. The lowest BCUT2D eigenvalue weighted by molar-refractivity contribution is 0.306. The lowest BCUT2D eigenvalue weighted by Gasteiger charge is -2.10. The van der Waals surface area contributed by atoms with Crippen LogP contribution in [0.4, 0.5) is 0 Å². The standard InChI is InChI=1S/C17H21NO/c1-2-16(18)12-14-8-10-17(11-9-14)19-13-15-6-4-3-5-7-15/h3-11,16H,2,12-13,18H2,1H3/t16-/m0/s1. The van der Waals surface area contributed by atoms with Crippen molar-refractivity contribution in [2.75, 3.05) is 0 Å². The zero-order chi connectivity index (χ0) is 13.5. The second-order valence-corrected chi connectivity index (χ2v) is 4.79. The van der Waals surface area contributed by atoms with Crippen molar-refractivity contribution in [2.45, 2.75) is 32.4 Å². The van der Waals surface area contributed by atoms with Gasteiger partial charge in [-0.3, -0.25) is 0 Å². The van der Waals surface area contributed by atoms with Crippen LogP contribution in [-0.2, 0) is 13.0 Å². The zero-order valence-electron chi connectivity index (χ0n) is 11.4. The first kappa shape index (κ1) is 13.6. The first-order chi connectivity index (χ1) is 9.28. The molecule has 0 heterocycles. The quantitative estimate of drug-likeness (QED) is 0.856. The fourth-order valence-corrected chi connectivity index (χ4v) is 1.91. The van der Waals surface area contributed by atoms with Crippen molar-refractivity contribution in [1.29, 1.82) is 0 Å². The molecule has 0 aromatic heterocycles. The van der Waals surface area contributed by atoms with Crippen LogP contribution in [0.2, 0.25) is 0 Å². The molecule has 19 heavy (non-hydrogen) atoms. The van der Waals surface area contributed by atoms with Crippen LogP contribution in [0.5, 0.6) is 5.75 Å². The van der Waals surface area contributed by atoms with Crippen molar-refractivity contribution in [1.82, 2.24) is 0 Å². The van der Waals surface area contributed by atoms with E-state index in [9.17, 15) is 0 Å². The molecule has 0 spiro atoms. The number of benzene rings is 2. The van der Waals surface area contributed by atoms with Crippen molar-refractivity contribution in [2.24, 2.45) is 5.73 Å². The van der Waals surface area contributed by atoms with Gasteiger partial charge in [-0.2, -0.15) is 0 Å². The van der Waals surface area contributed by atoms with E-state index in [0.29, 0.717) is 6.61 Å². The Kier molecular flexibility index (Phi) is 4.99. The van der Waals surface area contributed by atoms with E-state index in [1.54, 1.807) is 0 Å². The molecule has 0 aliphatic heterocycles. The summed E-state index contributed by atoms with van der Waals surface area (Å²) in [6.07, 6.45) is 1.93. The van der Waals surface area contributed by atoms with E-state index in [1.165, 1.54) is 11.1 Å². The van der Waals surface area contributed by atoms with Crippen LogP contribution in [0.15, 0.2) is 54.6 Å². The van der Waals surface area contributed by atoms with Crippen LogP contribution in [0.3, 0.4) is 0 Å². The lowest BCUT2D eigenvalue weighted by atomic mass is 10.0. The van der Waals surface area contributed by atoms with E-state index in [1.807, 2.05) is 30.3 Å². The topological polar surface area (TPSA) is 35.2 Å². The average Bonchev–Trinajstić information content (AvgIpc) is 2.47. The molecule has 2 N–H and O–H groups in total. The van der Waals surface area contributed by atoms with Crippen LogP contribution in [-0.4, -0.2) is 6.04 Å². The lowest BCUT2D eigenvalue weighted by Crippen LogP contribution is -2.21. The second-order valence-electron chi connectivity index (χ2n) is 4.79. The molecule has 100 valence electrons. The van der Waals surface area contributed by atoms with Gasteiger partial charge in [0.2, 0.25) is 0 Å². The van der Waals surface area contributed by atoms with E-state index < -0.39 is 0 Å². The minimum Gasteiger partial charge on any atom is -0.489 e. The van der Waals surface area contributed by atoms with Crippen molar-refractivity contribution in [3.05, 3.63) is 65.7 Å². The molecule has 2 aromatic rings. The molecular formula is C17H21NO. The molecule has 1 atom stereocenters. The Hall–Kier alpha value is -1.80. The Morgan fingerprint density at radius 1 is 0.947 bits per heavy atom. The Bertz CT molecular complexity index is 478. The predicted molar refractivity (Wildman–Crippen MR) is 79.2 cm³/mol. The molecule has 0 fully saturated rings. The molecule has 0 aliphatic rings. The molecule has 0 aliphatic carbocycles. The van der Waals surface area contributed by atoms with Crippen LogP contribution in [0.1, 0.15) is 24.5 Å². The van der Waals surface area contributed by atoms with Gasteiger partial charge < -0.3 is 10.5 Å². The predicted octanol–water partition coefficient (Wildman–Crippen LogP) is 3.55. The van der Waals surface area contributed by atoms with Gasteiger partial charge in [-0.15, -0.1) is 0 Å². The summed E-state index contributed by atoms with van der Waals surface area (Å²) >= 11 is 0. The van der Waals surface area contributed by atoms with Crippen molar-refractivity contribution < 1.29 is 4.74 Å². The number of hydrogen-bond acceptors (Lipinski definition) is 2. The van der Waals surface area contributed by atoms with Crippen LogP contribution >= 0.6 is 0 Å². The third kappa shape index (κ3) is 4.42. The van der Waals surface area contributed by atoms with Gasteiger partial charge in [0.15, 0.2) is 0 Å². The summed E-state index contributed by atoms with van der Waals surface area (Å²) in [6, 6.07) is 18.6. The van der Waals surface area contributed by atoms with E-state index in [4.69, 9.17) is 10.5 Å². The Morgan fingerprint density at radius 2 is 1.63 bits per heavy atom. The molecule has 2 nitrogen and oxygen atoms in total. The van der Waals surface area contributed by atoms with Crippen molar-refractivity contribution >= 4 is 0 Å². The molecular weight excluding hydrogens is 234 g/mol. The summed E-state index contributed by atoms with van der Waals surface area (Å²) in [5.74, 6) is 0.901. The Labute approximate surface area is 115 Å². The minimum absolute atomic E-state index is 0.246. The number of nitrogens with two attached hydrogens (primary N) is 1. The van der Waals surface area contributed by atoms with Gasteiger partial charge in [0.1, 0.15) is 12.4 Å². The van der Waals surface area contributed by atoms with Gasteiger partial charge in [0.25, 0.3) is 0 Å². The summed E-state index contributed by atoms with van der Waals surface area (Å²) in [7, 11) is 0. The third-order valence-corrected chi connectivity index (χ3v) is 3.19. The van der Waals surface area contributed by atoms with Crippen molar-refractivity contribution in [3.63, 3.8) is 0 Å². The van der Waals surface area contributed by atoms with Gasteiger partial charge in [-0.1, -0.05) is 49.4 Å². The van der Waals surface area contributed by atoms with Gasteiger partial charge in [0, 0.05) is 6.04 Å². The van der Waals surface area contributed by atoms with Gasteiger partial charge in [-0.25, -0.2) is 0 Å². The van der Waals surface area contributed by atoms with E-state index >= 15 is 0 Å². The second kappa shape index (κ2) is 6.95. The highest BCUT2D eigenvalue weighted by Crippen LogP contribution is 2.15. The first-order valence-electron chi connectivity index (χ1n) is 6.79. The highest BCUT2D eigenvalue weighted by atomic mass is 16.5. The maximum Gasteiger partial charge on any atom is 0.119 e. The molecule has 0 amide bonds. The number of ether oxygens (including phenoxy) is 1. The fourth-order valence-electron chi connectivity index (χ4n) is 1.91. The monoisotopic (exact) mass is 255 g/mol. The maximum atomic E-state index is 5.95. The van der Waals surface area contributed by atoms with Gasteiger partial charge >= 0.3 is 0 Å². The molecule has 0 saturated carbocycles. The summed E-state index contributed by atoms with van der Waals surface area (Å²) < 4.78 is 5.75.